The Morgan fingerprint density at radius 3 is 1.76 bits per heavy atom. The SMILES string of the molecule is CC(C)CSC(OC(C(=O)OC1CC2CCC(C1)[N+]21CCCC1)(c1ccccc1)c1ccccc1)C(C)C.O=C([O-])C(F)(F)F. The molecule has 2 aromatic rings. The van der Waals surface area contributed by atoms with Gasteiger partial charge in [-0.05, 0) is 28.7 Å². The van der Waals surface area contributed by atoms with Crippen LogP contribution in [-0.4, -0.2) is 65.1 Å². The molecule has 3 unspecified atom stereocenters. The van der Waals surface area contributed by atoms with Crippen molar-refractivity contribution in [3.63, 3.8) is 0 Å². The average molecular weight is 650 g/mol. The second-order valence-electron chi connectivity index (χ2n) is 13.3. The highest BCUT2D eigenvalue weighted by Gasteiger charge is 2.57. The smallest absolute Gasteiger partial charge is 0.430 e. The lowest BCUT2D eigenvalue weighted by molar-refractivity contribution is -0.956. The van der Waals surface area contributed by atoms with Crippen molar-refractivity contribution in [2.45, 2.75) is 102 Å². The molecule has 0 N–H and O–H groups in total. The molecule has 3 aliphatic rings. The van der Waals surface area contributed by atoms with Crippen LogP contribution in [0.4, 0.5) is 13.2 Å². The zero-order valence-electron chi connectivity index (χ0n) is 26.6. The molecule has 45 heavy (non-hydrogen) atoms. The van der Waals surface area contributed by atoms with E-state index in [1.807, 2.05) is 72.4 Å². The third-order valence-electron chi connectivity index (χ3n) is 9.34. The minimum absolute atomic E-state index is 0.0411. The van der Waals surface area contributed by atoms with Crippen molar-refractivity contribution in [3.8, 4) is 0 Å². The fraction of sp³-hybridized carbons (Fsp3) is 0.600. The number of alkyl halides is 3. The lowest BCUT2D eigenvalue weighted by Crippen LogP contribution is -2.60. The van der Waals surface area contributed by atoms with Gasteiger partial charge in [-0.15, -0.1) is 11.8 Å². The molecule has 0 amide bonds. The van der Waals surface area contributed by atoms with Crippen LogP contribution < -0.4 is 5.11 Å². The molecule has 5 rings (SSSR count). The number of quaternary nitrogens is 1. The fourth-order valence-corrected chi connectivity index (χ4v) is 8.47. The molecule has 6 nitrogen and oxygen atoms in total. The standard InChI is InChI=1S/C33H46NO3S.C2HF3O2/c1-24(2)23-38-31(25(3)4)37-33(26-13-7-5-8-14-26,27-15-9-6-10-16-27)32(35)36-30-21-28-17-18-29(22-30)34(28)19-11-12-20-34;3-2(4,5)1(6)7/h5-10,13-16,24-25,28-31H,11-12,17-23H2,1-4H3;(H,6,7)/q+1;/p-1. The maximum atomic E-state index is 14.6. The van der Waals surface area contributed by atoms with E-state index in [4.69, 9.17) is 19.4 Å². The number of piperidine rings is 1. The molecular weight excluding hydrogens is 603 g/mol. The van der Waals surface area contributed by atoms with E-state index in [1.54, 1.807) is 0 Å². The van der Waals surface area contributed by atoms with Crippen LogP contribution in [0, 0.1) is 11.8 Å². The van der Waals surface area contributed by atoms with Crippen LogP contribution in [-0.2, 0) is 24.7 Å². The number of halogens is 3. The second-order valence-corrected chi connectivity index (χ2v) is 14.4. The molecule has 2 bridgehead atoms. The van der Waals surface area contributed by atoms with Gasteiger partial charge in [0.1, 0.15) is 17.5 Å². The Morgan fingerprint density at radius 1 is 0.889 bits per heavy atom. The highest BCUT2D eigenvalue weighted by Crippen LogP contribution is 2.47. The maximum absolute atomic E-state index is 14.6. The highest BCUT2D eigenvalue weighted by atomic mass is 32.2. The molecule has 1 spiro atoms. The number of carboxylic acids is 1. The molecule has 248 valence electrons. The number of esters is 1. The van der Waals surface area contributed by atoms with Crippen molar-refractivity contribution in [1.82, 2.24) is 0 Å². The topological polar surface area (TPSA) is 75.7 Å². The monoisotopic (exact) mass is 649 g/mol. The molecule has 2 aromatic carbocycles. The number of hydrogen-bond donors (Lipinski definition) is 0. The van der Waals surface area contributed by atoms with E-state index in [2.05, 4.69) is 27.7 Å². The summed E-state index contributed by atoms with van der Waals surface area (Å²) in [6.07, 6.45) is 1.98. The minimum Gasteiger partial charge on any atom is -0.542 e. The van der Waals surface area contributed by atoms with Crippen LogP contribution in [0.15, 0.2) is 60.7 Å². The van der Waals surface area contributed by atoms with E-state index in [0.717, 1.165) is 29.7 Å². The number of hydrogen-bond acceptors (Lipinski definition) is 6. The summed E-state index contributed by atoms with van der Waals surface area (Å²) in [6, 6.07) is 21.4. The van der Waals surface area contributed by atoms with Gasteiger partial charge in [0.25, 0.3) is 0 Å². The fourth-order valence-electron chi connectivity index (χ4n) is 7.30. The molecule has 3 fully saturated rings. The van der Waals surface area contributed by atoms with Gasteiger partial charge in [0.15, 0.2) is 0 Å². The van der Waals surface area contributed by atoms with E-state index < -0.39 is 17.7 Å². The summed E-state index contributed by atoms with van der Waals surface area (Å²) in [5, 5.41) is 8.78. The summed E-state index contributed by atoms with van der Waals surface area (Å²) in [4.78, 5) is 23.4. The van der Waals surface area contributed by atoms with E-state index in [0.29, 0.717) is 18.0 Å². The zero-order valence-corrected chi connectivity index (χ0v) is 27.4. The lowest BCUT2D eigenvalue weighted by Gasteiger charge is -2.47. The van der Waals surface area contributed by atoms with Crippen LogP contribution in [0.1, 0.15) is 77.3 Å². The second kappa shape index (κ2) is 14.9. The number of ether oxygens (including phenoxy) is 2. The number of benzene rings is 2. The summed E-state index contributed by atoms with van der Waals surface area (Å²) >= 11 is 1.81. The number of carbonyl (C=O) groups excluding carboxylic acids is 2. The Morgan fingerprint density at radius 2 is 1.36 bits per heavy atom. The van der Waals surface area contributed by atoms with E-state index >= 15 is 0 Å². The van der Waals surface area contributed by atoms with Crippen LogP contribution in [0.3, 0.4) is 0 Å². The molecule has 3 saturated heterocycles. The van der Waals surface area contributed by atoms with Crippen molar-refractivity contribution in [1.29, 1.82) is 0 Å². The van der Waals surface area contributed by atoms with Gasteiger partial charge >= 0.3 is 12.1 Å². The third kappa shape index (κ3) is 8.06. The first-order valence-electron chi connectivity index (χ1n) is 16.1. The summed E-state index contributed by atoms with van der Waals surface area (Å²) in [5.74, 6) is -1.51. The Labute approximate surface area is 269 Å². The first kappa shape index (κ1) is 35.3. The van der Waals surface area contributed by atoms with Crippen molar-refractivity contribution >= 4 is 23.7 Å². The van der Waals surface area contributed by atoms with Crippen molar-refractivity contribution in [3.05, 3.63) is 71.8 Å². The molecule has 3 atom stereocenters. The highest BCUT2D eigenvalue weighted by molar-refractivity contribution is 7.99. The van der Waals surface area contributed by atoms with Crippen molar-refractivity contribution in [2.24, 2.45) is 11.8 Å². The lowest BCUT2D eigenvalue weighted by atomic mass is 9.85. The summed E-state index contributed by atoms with van der Waals surface area (Å²) in [5.41, 5.74) is 0.228. The van der Waals surface area contributed by atoms with Gasteiger partial charge < -0.3 is 23.9 Å². The Balaban J connectivity index is 0.000000591. The van der Waals surface area contributed by atoms with Gasteiger partial charge in [0, 0.05) is 38.5 Å². The number of rotatable bonds is 10. The Bertz CT molecular complexity index is 1200. The van der Waals surface area contributed by atoms with E-state index in [9.17, 15) is 18.0 Å². The van der Waals surface area contributed by atoms with Crippen LogP contribution >= 0.6 is 11.8 Å². The molecule has 0 aliphatic carbocycles. The number of carbonyl (C=O) groups is 2. The molecule has 0 radical (unpaired) electrons. The quantitative estimate of drug-likeness (QED) is 0.167. The largest absolute Gasteiger partial charge is 0.542 e. The summed E-state index contributed by atoms with van der Waals surface area (Å²) in [7, 11) is 0. The van der Waals surface area contributed by atoms with Gasteiger partial charge in [-0.1, -0.05) is 88.4 Å². The van der Waals surface area contributed by atoms with Gasteiger partial charge in [0.2, 0.25) is 5.60 Å². The zero-order chi connectivity index (χ0) is 32.8. The number of carboxylic acid groups (broad SMARTS) is 1. The number of nitrogens with zero attached hydrogens (tertiary/aromatic N) is 1. The predicted molar refractivity (Wildman–Crippen MR) is 167 cm³/mol. The van der Waals surface area contributed by atoms with Gasteiger partial charge in [-0.2, -0.15) is 13.2 Å². The summed E-state index contributed by atoms with van der Waals surface area (Å²) < 4.78 is 46.5. The van der Waals surface area contributed by atoms with E-state index in [-0.39, 0.29) is 23.4 Å². The normalized spacial score (nSPS) is 23.1. The molecular formula is C35H46F3NO5S. The molecule has 0 aromatic heterocycles. The van der Waals surface area contributed by atoms with Crippen molar-refractivity contribution < 1.29 is 41.8 Å². The molecule has 10 heteroatoms. The third-order valence-corrected chi connectivity index (χ3v) is 11.2. The van der Waals surface area contributed by atoms with Gasteiger partial charge in [0.05, 0.1) is 25.2 Å². The predicted octanol–water partition coefficient (Wildman–Crippen LogP) is 6.46. The van der Waals surface area contributed by atoms with Crippen LogP contribution in [0.2, 0.25) is 0 Å². The maximum Gasteiger partial charge on any atom is 0.430 e. The van der Waals surface area contributed by atoms with Gasteiger partial charge in [-0.3, -0.25) is 0 Å². The molecule has 3 aliphatic heterocycles. The number of thioether (sulfide) groups is 1. The minimum atomic E-state index is -5.19. The van der Waals surface area contributed by atoms with E-state index in [1.165, 1.54) is 43.3 Å². The first-order valence-corrected chi connectivity index (χ1v) is 17.1. The molecule has 3 heterocycles. The number of aliphatic carboxylic acids is 1. The first-order chi connectivity index (χ1) is 21.3. The van der Waals surface area contributed by atoms with Crippen LogP contribution in [0.25, 0.3) is 0 Å². The summed E-state index contributed by atoms with van der Waals surface area (Å²) in [6.45, 7) is 11.5. The Kier molecular flexibility index (Phi) is 11.7. The van der Waals surface area contributed by atoms with Crippen molar-refractivity contribution in [2.75, 3.05) is 18.8 Å². The van der Waals surface area contributed by atoms with Gasteiger partial charge in [-0.25, -0.2) is 4.79 Å². The Hall–Kier alpha value is -2.56. The van der Waals surface area contributed by atoms with Crippen LogP contribution in [0.5, 0.6) is 0 Å². The molecule has 0 saturated carbocycles. The average Bonchev–Trinajstić information content (AvgIpc) is 3.54.